The van der Waals surface area contributed by atoms with Gasteiger partial charge in [-0.2, -0.15) is 0 Å². The van der Waals surface area contributed by atoms with Crippen molar-refractivity contribution in [1.29, 1.82) is 0 Å². The molecule has 1 atom stereocenters. The lowest BCUT2D eigenvalue weighted by atomic mass is 10.0. The van der Waals surface area contributed by atoms with Gasteiger partial charge in [0.2, 0.25) is 0 Å². The summed E-state index contributed by atoms with van der Waals surface area (Å²) in [5.74, 6) is 1.29. The molecule has 0 aliphatic carbocycles. The number of ether oxygens (including phenoxy) is 3. The first-order valence-corrected chi connectivity index (χ1v) is 6.78. The minimum absolute atomic E-state index is 0.181. The first kappa shape index (κ1) is 14.4. The normalized spacial score (nSPS) is 17.4. The van der Waals surface area contributed by atoms with Crippen LogP contribution in [0.1, 0.15) is 31.9 Å². The Bertz CT molecular complexity index is 546. The number of rotatable bonds is 4. The molecular weight excluding hydrogens is 256 g/mol. The molecular formula is C16H20O4. The maximum absolute atomic E-state index is 11.7. The van der Waals surface area contributed by atoms with Gasteiger partial charge in [-0.05, 0) is 39.0 Å². The van der Waals surface area contributed by atoms with Gasteiger partial charge < -0.3 is 14.2 Å². The number of benzene rings is 1. The van der Waals surface area contributed by atoms with Crippen LogP contribution in [0.3, 0.4) is 0 Å². The fraction of sp³-hybridized carbons (Fsp3) is 0.438. The average Bonchev–Trinajstić information content (AvgIpc) is 2.77. The summed E-state index contributed by atoms with van der Waals surface area (Å²) in [5, 5.41) is 0. The Morgan fingerprint density at radius 2 is 2.25 bits per heavy atom. The summed E-state index contributed by atoms with van der Waals surface area (Å²) in [4.78, 5) is 11.7. The maximum Gasteiger partial charge on any atom is 0.333 e. The number of fused-ring (bicyclic) bond motifs is 1. The number of carbonyl (C=O) groups excluding carboxylic acids is 1. The van der Waals surface area contributed by atoms with Crippen LogP contribution in [-0.2, 0) is 16.0 Å². The summed E-state index contributed by atoms with van der Waals surface area (Å²) in [6.07, 6.45) is 2.83. The van der Waals surface area contributed by atoms with Crippen molar-refractivity contribution < 1.29 is 19.0 Å². The van der Waals surface area contributed by atoms with Crippen molar-refractivity contribution in [3.8, 4) is 11.5 Å². The lowest BCUT2D eigenvalue weighted by molar-refractivity contribution is -0.138. The van der Waals surface area contributed by atoms with Crippen molar-refractivity contribution in [1.82, 2.24) is 0 Å². The predicted octanol–water partition coefficient (Wildman–Crippen LogP) is 2.99. The highest BCUT2D eigenvalue weighted by Gasteiger charge is 2.21. The lowest BCUT2D eigenvalue weighted by Crippen LogP contribution is -2.05. The van der Waals surface area contributed by atoms with Crippen molar-refractivity contribution in [2.75, 3.05) is 13.7 Å². The zero-order chi connectivity index (χ0) is 14.7. The van der Waals surface area contributed by atoms with E-state index in [2.05, 4.69) is 0 Å². The molecule has 108 valence electrons. The van der Waals surface area contributed by atoms with E-state index in [0.29, 0.717) is 12.2 Å². The average molecular weight is 276 g/mol. The van der Waals surface area contributed by atoms with Crippen molar-refractivity contribution in [2.24, 2.45) is 0 Å². The molecule has 1 unspecified atom stereocenters. The molecule has 1 aliphatic rings. The molecule has 0 N–H and O–H groups in total. The monoisotopic (exact) mass is 276 g/mol. The molecule has 0 spiro atoms. The van der Waals surface area contributed by atoms with E-state index >= 15 is 0 Å². The van der Waals surface area contributed by atoms with Crippen LogP contribution >= 0.6 is 0 Å². The second kappa shape index (κ2) is 5.99. The molecule has 4 nitrogen and oxygen atoms in total. The van der Waals surface area contributed by atoms with Crippen LogP contribution < -0.4 is 9.47 Å². The lowest BCUT2D eigenvalue weighted by Gasteiger charge is -2.09. The van der Waals surface area contributed by atoms with Gasteiger partial charge in [0.15, 0.2) is 0 Å². The zero-order valence-electron chi connectivity index (χ0n) is 12.4. The van der Waals surface area contributed by atoms with Crippen LogP contribution in [0.25, 0.3) is 6.08 Å². The first-order chi connectivity index (χ1) is 9.55. The van der Waals surface area contributed by atoms with Gasteiger partial charge in [0.1, 0.15) is 17.6 Å². The maximum atomic E-state index is 11.7. The minimum atomic E-state index is -0.315. The Kier molecular flexibility index (Phi) is 4.32. The smallest absolute Gasteiger partial charge is 0.333 e. The highest BCUT2D eigenvalue weighted by molar-refractivity contribution is 5.93. The van der Waals surface area contributed by atoms with Crippen molar-refractivity contribution in [3.05, 3.63) is 28.8 Å². The Morgan fingerprint density at radius 1 is 1.50 bits per heavy atom. The van der Waals surface area contributed by atoms with Crippen molar-refractivity contribution >= 4 is 12.0 Å². The van der Waals surface area contributed by atoms with Gasteiger partial charge in [-0.3, -0.25) is 0 Å². The van der Waals surface area contributed by atoms with Gasteiger partial charge in [-0.25, -0.2) is 4.79 Å². The third-order valence-corrected chi connectivity index (χ3v) is 3.22. The van der Waals surface area contributed by atoms with Crippen molar-refractivity contribution in [2.45, 2.75) is 33.3 Å². The topological polar surface area (TPSA) is 44.8 Å². The van der Waals surface area contributed by atoms with Crippen LogP contribution in [0.2, 0.25) is 0 Å². The van der Waals surface area contributed by atoms with E-state index in [1.165, 1.54) is 0 Å². The van der Waals surface area contributed by atoms with Gasteiger partial charge >= 0.3 is 5.97 Å². The Morgan fingerprint density at radius 3 is 2.90 bits per heavy atom. The van der Waals surface area contributed by atoms with Gasteiger partial charge in [0.05, 0.1) is 13.7 Å². The highest BCUT2D eigenvalue weighted by atomic mass is 16.5. The molecule has 20 heavy (non-hydrogen) atoms. The predicted molar refractivity (Wildman–Crippen MR) is 77.1 cm³/mol. The standard InChI is InChI=1S/C16H20O4/c1-5-19-16(17)10(2)6-12-9-15-13(7-11(3)20-15)8-14(12)18-4/h6,8-9,11H,5,7H2,1-4H3/b10-6+. The largest absolute Gasteiger partial charge is 0.496 e. The summed E-state index contributed by atoms with van der Waals surface area (Å²) in [7, 11) is 1.62. The van der Waals surface area contributed by atoms with E-state index in [-0.39, 0.29) is 12.1 Å². The van der Waals surface area contributed by atoms with Gasteiger partial charge in [-0.15, -0.1) is 0 Å². The quantitative estimate of drug-likeness (QED) is 0.626. The van der Waals surface area contributed by atoms with Crippen LogP contribution in [0.4, 0.5) is 0 Å². The number of hydrogen-bond acceptors (Lipinski definition) is 4. The van der Waals surface area contributed by atoms with Crippen LogP contribution in [0.5, 0.6) is 11.5 Å². The zero-order valence-corrected chi connectivity index (χ0v) is 12.4. The molecule has 0 radical (unpaired) electrons. The molecule has 1 aliphatic heterocycles. The first-order valence-electron chi connectivity index (χ1n) is 6.78. The van der Waals surface area contributed by atoms with Gasteiger partial charge in [0, 0.05) is 23.1 Å². The molecule has 0 amide bonds. The number of hydrogen-bond donors (Lipinski definition) is 0. The van der Waals surface area contributed by atoms with Gasteiger partial charge in [-0.1, -0.05) is 0 Å². The van der Waals surface area contributed by atoms with E-state index in [0.717, 1.165) is 29.0 Å². The van der Waals surface area contributed by atoms with E-state index in [1.54, 1.807) is 27.0 Å². The Balaban J connectivity index is 2.34. The van der Waals surface area contributed by atoms with E-state index in [9.17, 15) is 4.79 Å². The SMILES string of the molecule is CCOC(=O)/C(C)=C/c1cc2c(cc1OC)CC(C)O2. The summed E-state index contributed by atoms with van der Waals surface area (Å²) in [5.41, 5.74) is 2.50. The van der Waals surface area contributed by atoms with E-state index in [1.807, 2.05) is 19.1 Å². The molecule has 4 heteroatoms. The molecule has 1 heterocycles. The summed E-state index contributed by atoms with van der Waals surface area (Å²) < 4.78 is 16.1. The molecule has 0 saturated heterocycles. The van der Waals surface area contributed by atoms with Crippen molar-refractivity contribution in [3.63, 3.8) is 0 Å². The fourth-order valence-corrected chi connectivity index (χ4v) is 2.28. The molecule has 2 rings (SSSR count). The third-order valence-electron chi connectivity index (χ3n) is 3.22. The molecule has 0 aromatic heterocycles. The summed E-state index contributed by atoms with van der Waals surface area (Å²) >= 11 is 0. The molecule has 1 aromatic rings. The third kappa shape index (κ3) is 2.95. The second-order valence-electron chi connectivity index (χ2n) is 4.88. The molecule has 0 fully saturated rings. The molecule has 0 saturated carbocycles. The van der Waals surface area contributed by atoms with E-state index < -0.39 is 0 Å². The molecule has 0 bridgehead atoms. The number of esters is 1. The summed E-state index contributed by atoms with van der Waals surface area (Å²) in [6, 6.07) is 3.89. The summed E-state index contributed by atoms with van der Waals surface area (Å²) in [6.45, 7) is 5.92. The molecule has 1 aromatic carbocycles. The Labute approximate surface area is 119 Å². The second-order valence-corrected chi connectivity index (χ2v) is 4.88. The minimum Gasteiger partial charge on any atom is -0.496 e. The number of methoxy groups -OCH3 is 1. The van der Waals surface area contributed by atoms with Crippen LogP contribution in [0, 0.1) is 0 Å². The Hall–Kier alpha value is -1.97. The van der Waals surface area contributed by atoms with Gasteiger partial charge in [0.25, 0.3) is 0 Å². The fourth-order valence-electron chi connectivity index (χ4n) is 2.28. The highest BCUT2D eigenvalue weighted by Crippen LogP contribution is 2.35. The number of carbonyl (C=O) groups is 1. The van der Waals surface area contributed by atoms with Crippen LogP contribution in [-0.4, -0.2) is 25.8 Å². The van der Waals surface area contributed by atoms with Crippen LogP contribution in [0.15, 0.2) is 17.7 Å². The van der Waals surface area contributed by atoms with E-state index in [4.69, 9.17) is 14.2 Å².